The van der Waals surface area contributed by atoms with Gasteiger partial charge >= 0.3 is 0 Å². The molecule has 1 unspecified atom stereocenters. The zero-order chi connectivity index (χ0) is 23.1. The molecule has 1 radical (unpaired) electrons. The van der Waals surface area contributed by atoms with Gasteiger partial charge in [-0.2, -0.15) is 7.05 Å². The predicted molar refractivity (Wildman–Crippen MR) is 116 cm³/mol. The van der Waals surface area contributed by atoms with E-state index in [0.29, 0.717) is 6.42 Å². The zero-order valence-corrected chi connectivity index (χ0v) is 21.8. The molecule has 5 amide bonds. The molecule has 0 aromatic heterocycles. The van der Waals surface area contributed by atoms with Crippen LogP contribution in [0.1, 0.15) is 73.6 Å². The molecule has 171 valence electrons. The van der Waals surface area contributed by atoms with Gasteiger partial charge in [-0.1, -0.05) is 52.1 Å². The number of nitrogens with zero attached hydrogens (tertiary/aromatic N) is 2. The molecule has 3 rings (SSSR count). The molecule has 0 aliphatic carbocycles. The summed E-state index contributed by atoms with van der Waals surface area (Å²) in [7, 11) is 1.56. The minimum atomic E-state index is -1.05. The van der Waals surface area contributed by atoms with Crippen molar-refractivity contribution in [3.8, 4) is 0 Å². The van der Waals surface area contributed by atoms with Gasteiger partial charge in [-0.15, -0.1) is 0 Å². The molecule has 9 nitrogen and oxygen atoms in total. The van der Waals surface area contributed by atoms with E-state index in [1.54, 1.807) is 19.2 Å². The summed E-state index contributed by atoms with van der Waals surface area (Å²) >= 11 is 0. The number of benzene rings is 1. The third-order valence-corrected chi connectivity index (χ3v) is 5.17. The number of imide groups is 2. The fraction of sp³-hybridized carbons (Fsp3) is 0.500. The van der Waals surface area contributed by atoms with Crippen LogP contribution in [-0.2, 0) is 47.1 Å². The van der Waals surface area contributed by atoms with E-state index in [4.69, 9.17) is 0 Å². The maximum atomic E-state index is 13.0. The van der Waals surface area contributed by atoms with E-state index in [9.17, 15) is 24.0 Å². The number of piperidine rings is 1. The second-order valence-electron chi connectivity index (χ2n) is 7.08. The molecule has 1 aromatic rings. The van der Waals surface area contributed by atoms with Crippen LogP contribution >= 0.6 is 0 Å². The first kappa shape index (κ1) is 28.1. The Hall–Kier alpha value is -1.97. The summed E-state index contributed by atoms with van der Waals surface area (Å²) in [6, 6.07) is 2.99. The van der Waals surface area contributed by atoms with Crippen LogP contribution in [0.2, 0.25) is 0 Å². The van der Waals surface area contributed by atoms with Crippen molar-refractivity contribution in [2.45, 2.75) is 65.0 Å². The quantitative estimate of drug-likeness (QED) is 0.537. The fourth-order valence-corrected chi connectivity index (χ4v) is 3.61. The van der Waals surface area contributed by atoms with Crippen molar-refractivity contribution < 1.29 is 56.7 Å². The maximum absolute atomic E-state index is 13.0. The van der Waals surface area contributed by atoms with Crippen LogP contribution in [0, 0.1) is 0 Å². The molecule has 1 fully saturated rings. The number of likely N-dealkylation sites (N-methyl/N-ethyl adjacent to an activating group) is 1. The van der Waals surface area contributed by atoms with Crippen molar-refractivity contribution in [1.82, 2.24) is 10.2 Å². The van der Waals surface area contributed by atoms with Crippen molar-refractivity contribution in [1.29, 1.82) is 0 Å². The van der Waals surface area contributed by atoms with Crippen LogP contribution < -0.4 is 10.6 Å². The number of nitrogens with one attached hydrogen (secondary N) is 2. The van der Waals surface area contributed by atoms with Crippen molar-refractivity contribution in [2.24, 2.45) is 0 Å². The van der Waals surface area contributed by atoms with Crippen molar-refractivity contribution in [2.75, 3.05) is 12.4 Å². The van der Waals surface area contributed by atoms with E-state index in [1.807, 2.05) is 20.8 Å². The van der Waals surface area contributed by atoms with E-state index in [-0.39, 0.29) is 68.3 Å². The average molecular weight is 518 g/mol. The predicted octanol–water partition coefficient (Wildman–Crippen LogP) is 2.61. The Kier molecular flexibility index (Phi) is 11.3. The largest absolute Gasteiger partial charge is 0.654 e. The SMILES string of the molecule is CC.CCCC[C@H]([N-]C)C(=O)Nc1cccc2c1C(=O)N(C1CCC(=O)NC1=O)C2=O.[Y]. The van der Waals surface area contributed by atoms with Crippen LogP contribution in [0.3, 0.4) is 0 Å². The monoisotopic (exact) mass is 518 g/mol. The average Bonchev–Trinajstić information content (AvgIpc) is 3.01. The number of unbranched alkanes of at least 4 members (excludes halogenated alkanes) is 1. The molecule has 2 aliphatic rings. The Bertz CT molecular complexity index is 889. The fourth-order valence-electron chi connectivity index (χ4n) is 3.61. The maximum Gasteiger partial charge on any atom is 0.264 e. The molecule has 1 saturated heterocycles. The van der Waals surface area contributed by atoms with Crippen LogP contribution in [0.25, 0.3) is 5.32 Å². The summed E-state index contributed by atoms with van der Waals surface area (Å²) in [5, 5.41) is 8.96. The van der Waals surface area contributed by atoms with E-state index in [0.717, 1.165) is 17.7 Å². The van der Waals surface area contributed by atoms with E-state index >= 15 is 0 Å². The van der Waals surface area contributed by atoms with Gasteiger partial charge in [0.15, 0.2) is 0 Å². The number of fused-ring (bicyclic) bond motifs is 1. The number of anilines is 1. The molecule has 10 heteroatoms. The van der Waals surface area contributed by atoms with E-state index < -0.39 is 35.7 Å². The number of amides is 5. The minimum absolute atomic E-state index is 0. The summed E-state index contributed by atoms with van der Waals surface area (Å²) in [4.78, 5) is 62.8. The molecule has 2 aliphatic heterocycles. The zero-order valence-electron chi connectivity index (χ0n) is 18.9. The Morgan fingerprint density at radius 1 is 1.22 bits per heavy atom. The second-order valence-corrected chi connectivity index (χ2v) is 7.08. The molecule has 1 aromatic carbocycles. The van der Waals surface area contributed by atoms with Crippen molar-refractivity contribution in [3.05, 3.63) is 34.6 Å². The Balaban J connectivity index is 0.00000166. The molecule has 32 heavy (non-hydrogen) atoms. The molecule has 2 N–H and O–H groups in total. The number of rotatable bonds is 7. The van der Waals surface area contributed by atoms with Gasteiger partial charge in [-0.25, -0.2) is 0 Å². The molecule has 0 saturated carbocycles. The van der Waals surface area contributed by atoms with Gasteiger partial charge in [0, 0.05) is 39.1 Å². The Labute approximate surface area is 213 Å². The summed E-state index contributed by atoms with van der Waals surface area (Å²) in [6.07, 6.45) is 2.47. The smallest absolute Gasteiger partial charge is 0.264 e. The van der Waals surface area contributed by atoms with Gasteiger partial charge in [-0.05, 0) is 18.6 Å². The summed E-state index contributed by atoms with van der Waals surface area (Å²) in [6.45, 7) is 6.02. The van der Waals surface area contributed by atoms with Gasteiger partial charge in [0.2, 0.25) is 17.7 Å². The third-order valence-electron chi connectivity index (χ3n) is 5.17. The Morgan fingerprint density at radius 2 is 1.91 bits per heavy atom. The molecular formula is C22H29N4O5Y-. The number of hydrogen-bond acceptors (Lipinski definition) is 5. The number of hydrogen-bond donors (Lipinski definition) is 2. The molecule has 2 heterocycles. The topological polar surface area (TPSA) is 127 Å². The van der Waals surface area contributed by atoms with Crippen LogP contribution in [0.15, 0.2) is 18.2 Å². The standard InChI is InChI=1S/C20H23N4O5.C2H6.Y/c1-3-4-7-13(21-2)17(26)22-12-8-5-6-11-16(12)20(29)24(19(11)28)14-9-10-15(25)23-18(14)27;1-2;/h5-6,8,13-14H,3-4,7,9-10H2,1-2H3,(H,22,26)(H,23,25,27);1-2H3;/q-1;;/t13-,14?;;/m0../s1. The van der Waals surface area contributed by atoms with E-state index in [1.165, 1.54) is 6.07 Å². The second kappa shape index (κ2) is 12.9. The summed E-state index contributed by atoms with van der Waals surface area (Å²) in [5.74, 6) is -2.73. The van der Waals surface area contributed by atoms with Gasteiger partial charge < -0.3 is 10.6 Å². The first-order valence-electron chi connectivity index (χ1n) is 10.6. The molecule has 0 bridgehead atoms. The van der Waals surface area contributed by atoms with Gasteiger partial charge in [0.25, 0.3) is 11.8 Å². The number of carbonyl (C=O) groups is 5. The minimum Gasteiger partial charge on any atom is -0.654 e. The van der Waals surface area contributed by atoms with Crippen LogP contribution in [0.5, 0.6) is 0 Å². The number of carbonyl (C=O) groups excluding carboxylic acids is 5. The van der Waals surface area contributed by atoms with E-state index in [2.05, 4.69) is 16.0 Å². The molecule has 2 atom stereocenters. The molecular weight excluding hydrogens is 489 g/mol. The van der Waals surface area contributed by atoms with Gasteiger partial charge in [0.1, 0.15) is 6.04 Å². The van der Waals surface area contributed by atoms with Crippen molar-refractivity contribution in [3.63, 3.8) is 0 Å². The third kappa shape index (κ3) is 5.88. The van der Waals surface area contributed by atoms with Crippen LogP contribution in [-0.4, -0.2) is 53.6 Å². The van der Waals surface area contributed by atoms with Gasteiger partial charge in [-0.3, -0.25) is 34.2 Å². The molecule has 0 spiro atoms. The first-order chi connectivity index (χ1) is 14.9. The Morgan fingerprint density at radius 3 is 2.50 bits per heavy atom. The van der Waals surface area contributed by atoms with Gasteiger partial charge in [0.05, 0.1) is 16.8 Å². The van der Waals surface area contributed by atoms with Crippen molar-refractivity contribution >= 4 is 35.2 Å². The summed E-state index contributed by atoms with van der Waals surface area (Å²) in [5.41, 5.74) is 0.391. The first-order valence-corrected chi connectivity index (χ1v) is 10.6. The normalized spacial score (nSPS) is 18.1. The summed E-state index contributed by atoms with van der Waals surface area (Å²) < 4.78 is 0. The van der Waals surface area contributed by atoms with Crippen LogP contribution in [0.4, 0.5) is 5.69 Å².